The summed E-state index contributed by atoms with van der Waals surface area (Å²) in [5.41, 5.74) is 0.416. The van der Waals surface area contributed by atoms with Crippen LogP contribution in [-0.2, 0) is 17.9 Å². The van der Waals surface area contributed by atoms with Crippen LogP contribution in [0.4, 0.5) is 8.78 Å². The minimum Gasteiger partial charge on any atom is -0.467 e. The Kier molecular flexibility index (Phi) is 8.22. The minimum absolute atomic E-state index is 0.158. The van der Waals surface area contributed by atoms with Crippen LogP contribution in [0, 0.1) is 17.6 Å². The fourth-order valence-corrected chi connectivity index (χ4v) is 2.61. The van der Waals surface area contributed by atoms with Crippen molar-refractivity contribution in [2.75, 3.05) is 19.7 Å². The monoisotopic (exact) mass is 367 g/mol. The van der Waals surface area contributed by atoms with E-state index < -0.39 is 17.7 Å². The average molecular weight is 367 g/mol. The molecule has 0 bridgehead atoms. The fraction of sp³-hybridized carbons (Fsp3) is 0.500. The van der Waals surface area contributed by atoms with Crippen molar-refractivity contribution >= 4 is 0 Å². The Hall–Kier alpha value is -1.76. The Morgan fingerprint density at radius 2 is 2.04 bits per heavy atom. The fourth-order valence-electron chi connectivity index (χ4n) is 2.61. The zero-order chi connectivity index (χ0) is 18.9. The molecule has 1 heterocycles. The van der Waals surface area contributed by atoms with E-state index in [1.165, 1.54) is 12.1 Å². The molecule has 1 aromatic carbocycles. The zero-order valence-corrected chi connectivity index (χ0v) is 15.3. The predicted octanol–water partition coefficient (Wildman–Crippen LogP) is 3.98. The molecular formula is C20H27F2NO3. The van der Waals surface area contributed by atoms with Gasteiger partial charge in [-0.1, -0.05) is 19.9 Å². The van der Waals surface area contributed by atoms with Crippen molar-refractivity contribution < 1.29 is 23.0 Å². The van der Waals surface area contributed by atoms with Gasteiger partial charge in [-0.05, 0) is 37.1 Å². The molecule has 0 aliphatic heterocycles. The van der Waals surface area contributed by atoms with Crippen LogP contribution in [0.3, 0.4) is 0 Å². The minimum atomic E-state index is -0.708. The molecule has 0 aliphatic rings. The number of halogens is 2. The highest BCUT2D eigenvalue weighted by Gasteiger charge is 2.15. The topological polar surface area (TPSA) is 45.8 Å². The van der Waals surface area contributed by atoms with Gasteiger partial charge in [0.2, 0.25) is 0 Å². The van der Waals surface area contributed by atoms with E-state index in [2.05, 4.69) is 13.8 Å². The highest BCUT2D eigenvalue weighted by atomic mass is 19.1. The van der Waals surface area contributed by atoms with Crippen LogP contribution >= 0.6 is 0 Å². The van der Waals surface area contributed by atoms with Gasteiger partial charge in [0.05, 0.1) is 19.0 Å². The molecule has 6 heteroatoms. The van der Waals surface area contributed by atoms with Gasteiger partial charge in [-0.2, -0.15) is 0 Å². The van der Waals surface area contributed by atoms with Gasteiger partial charge in [0.25, 0.3) is 0 Å². The Morgan fingerprint density at radius 3 is 2.69 bits per heavy atom. The highest BCUT2D eigenvalue weighted by Crippen LogP contribution is 2.14. The van der Waals surface area contributed by atoms with E-state index in [1.54, 1.807) is 18.4 Å². The van der Waals surface area contributed by atoms with E-state index in [1.807, 2.05) is 4.90 Å². The van der Waals surface area contributed by atoms with Crippen molar-refractivity contribution in [2.24, 2.45) is 5.92 Å². The molecule has 1 N–H and O–H groups in total. The van der Waals surface area contributed by atoms with Crippen molar-refractivity contribution in [1.29, 1.82) is 0 Å². The summed E-state index contributed by atoms with van der Waals surface area (Å²) in [6.07, 6.45) is 1.78. The van der Waals surface area contributed by atoms with Crippen LogP contribution in [-0.4, -0.2) is 35.8 Å². The van der Waals surface area contributed by atoms with E-state index in [9.17, 15) is 13.9 Å². The van der Waals surface area contributed by atoms with Gasteiger partial charge >= 0.3 is 0 Å². The van der Waals surface area contributed by atoms with Crippen LogP contribution < -0.4 is 0 Å². The lowest BCUT2D eigenvalue weighted by Crippen LogP contribution is -2.36. The van der Waals surface area contributed by atoms with E-state index >= 15 is 0 Å². The van der Waals surface area contributed by atoms with E-state index in [0.717, 1.165) is 12.5 Å². The smallest absolute Gasteiger partial charge is 0.130 e. The molecule has 144 valence electrons. The third kappa shape index (κ3) is 7.23. The van der Waals surface area contributed by atoms with Crippen LogP contribution in [0.5, 0.6) is 0 Å². The van der Waals surface area contributed by atoms with Gasteiger partial charge in [-0.15, -0.1) is 0 Å². The second kappa shape index (κ2) is 10.4. The maximum Gasteiger partial charge on any atom is 0.130 e. The average Bonchev–Trinajstić information content (AvgIpc) is 3.08. The van der Waals surface area contributed by atoms with Crippen LogP contribution in [0.25, 0.3) is 0 Å². The number of hydrogen-bond acceptors (Lipinski definition) is 4. The molecule has 0 saturated carbocycles. The maximum absolute atomic E-state index is 13.9. The van der Waals surface area contributed by atoms with Gasteiger partial charge in [0.15, 0.2) is 0 Å². The summed E-state index contributed by atoms with van der Waals surface area (Å²) in [5, 5.41) is 10.3. The molecule has 2 aromatic rings. The number of ether oxygens (including phenoxy) is 1. The van der Waals surface area contributed by atoms with Gasteiger partial charge < -0.3 is 14.3 Å². The van der Waals surface area contributed by atoms with Crippen molar-refractivity contribution in [1.82, 2.24) is 4.90 Å². The van der Waals surface area contributed by atoms with Crippen molar-refractivity contribution in [2.45, 2.75) is 39.5 Å². The first-order valence-corrected chi connectivity index (χ1v) is 8.88. The molecule has 0 unspecified atom stereocenters. The maximum atomic E-state index is 13.9. The summed E-state index contributed by atoms with van der Waals surface area (Å²) in [6.45, 7) is 6.05. The van der Waals surface area contributed by atoms with E-state index in [4.69, 9.17) is 9.15 Å². The lowest BCUT2D eigenvalue weighted by atomic mass is 10.1. The number of rotatable bonds is 11. The molecule has 0 amide bonds. The normalized spacial score (nSPS) is 12.9. The molecule has 1 aromatic heterocycles. The first kappa shape index (κ1) is 20.6. The zero-order valence-electron chi connectivity index (χ0n) is 15.3. The standard InChI is InChI=1S/C20H27F2NO3/c1-15(2)7-8-23(11-16-5-6-17(21)10-20(16)22)12-18(24)13-25-14-19-4-3-9-26-19/h3-6,9-10,15,18,24H,7-8,11-14H2,1-2H3/t18-/m1/s1. The van der Waals surface area contributed by atoms with Crippen LogP contribution in [0.1, 0.15) is 31.6 Å². The number of benzene rings is 1. The third-order valence-corrected chi connectivity index (χ3v) is 4.04. The Bertz CT molecular complexity index is 647. The Labute approximate surface area is 153 Å². The highest BCUT2D eigenvalue weighted by molar-refractivity contribution is 5.18. The molecule has 4 nitrogen and oxygen atoms in total. The lowest BCUT2D eigenvalue weighted by Gasteiger charge is -2.26. The summed E-state index contributed by atoms with van der Waals surface area (Å²) in [6, 6.07) is 7.17. The van der Waals surface area contributed by atoms with E-state index in [-0.39, 0.29) is 6.61 Å². The summed E-state index contributed by atoms with van der Waals surface area (Å²) >= 11 is 0. The Morgan fingerprint density at radius 1 is 1.23 bits per heavy atom. The summed E-state index contributed by atoms with van der Waals surface area (Å²) < 4.78 is 37.7. The lowest BCUT2D eigenvalue weighted by molar-refractivity contribution is 0.00311. The molecule has 0 radical (unpaired) electrons. The molecule has 26 heavy (non-hydrogen) atoms. The van der Waals surface area contributed by atoms with Crippen molar-refractivity contribution in [3.63, 3.8) is 0 Å². The number of hydrogen-bond donors (Lipinski definition) is 1. The second-order valence-electron chi connectivity index (χ2n) is 6.90. The van der Waals surface area contributed by atoms with Gasteiger partial charge in [0.1, 0.15) is 24.0 Å². The number of aliphatic hydroxyl groups is 1. The molecule has 1 atom stereocenters. The van der Waals surface area contributed by atoms with E-state index in [0.29, 0.717) is 43.5 Å². The molecule has 2 rings (SSSR count). The molecule has 0 aliphatic carbocycles. The first-order valence-electron chi connectivity index (χ1n) is 8.88. The number of aliphatic hydroxyl groups excluding tert-OH is 1. The molecular weight excluding hydrogens is 340 g/mol. The number of furan rings is 1. The second-order valence-corrected chi connectivity index (χ2v) is 6.90. The number of nitrogens with zero attached hydrogens (tertiary/aromatic N) is 1. The summed E-state index contributed by atoms with van der Waals surface area (Å²) in [7, 11) is 0. The summed E-state index contributed by atoms with van der Waals surface area (Å²) in [4.78, 5) is 1.97. The van der Waals surface area contributed by atoms with Crippen molar-refractivity contribution in [3.05, 3.63) is 59.6 Å². The molecule has 0 spiro atoms. The van der Waals surface area contributed by atoms with Gasteiger partial charge in [-0.3, -0.25) is 4.90 Å². The van der Waals surface area contributed by atoms with Crippen LogP contribution in [0.2, 0.25) is 0 Å². The molecule has 0 saturated heterocycles. The Balaban J connectivity index is 1.88. The first-order chi connectivity index (χ1) is 12.4. The summed E-state index contributed by atoms with van der Waals surface area (Å²) in [5.74, 6) is 0.0274. The van der Waals surface area contributed by atoms with Crippen molar-refractivity contribution in [3.8, 4) is 0 Å². The molecule has 0 fully saturated rings. The van der Waals surface area contributed by atoms with Crippen LogP contribution in [0.15, 0.2) is 41.0 Å². The third-order valence-electron chi connectivity index (χ3n) is 4.04. The van der Waals surface area contributed by atoms with Gasteiger partial charge in [0, 0.05) is 24.7 Å². The largest absolute Gasteiger partial charge is 0.467 e. The quantitative estimate of drug-likeness (QED) is 0.652. The SMILES string of the molecule is CC(C)CCN(Cc1ccc(F)cc1F)C[C@@H](O)COCc1ccco1. The predicted molar refractivity (Wildman–Crippen MR) is 95.5 cm³/mol. The van der Waals surface area contributed by atoms with Gasteiger partial charge in [-0.25, -0.2) is 8.78 Å².